The number of hydrogen-bond donors (Lipinski definition) is 1. The summed E-state index contributed by atoms with van der Waals surface area (Å²) in [5.41, 5.74) is 2.71. The van der Waals surface area contributed by atoms with Crippen molar-refractivity contribution in [2.45, 2.75) is 46.1 Å². The third-order valence-corrected chi connectivity index (χ3v) is 5.63. The molecule has 1 amide bonds. The first-order chi connectivity index (χ1) is 14.6. The summed E-state index contributed by atoms with van der Waals surface area (Å²) in [5.74, 6) is 1.28. The van der Waals surface area contributed by atoms with E-state index in [9.17, 15) is 4.79 Å². The number of hydrogen-bond acceptors (Lipinski definition) is 5. The lowest BCUT2D eigenvalue weighted by Crippen LogP contribution is -2.22. The lowest BCUT2D eigenvalue weighted by atomic mass is 9.86. The highest BCUT2D eigenvalue weighted by molar-refractivity contribution is 9.10. The van der Waals surface area contributed by atoms with Crippen LogP contribution in [0.5, 0.6) is 11.5 Å². The number of rotatable bonds is 7. The highest BCUT2D eigenvalue weighted by Crippen LogP contribution is 2.33. The molecule has 1 heterocycles. The molecule has 0 saturated heterocycles. The Hall–Kier alpha value is -2.38. The first-order valence-corrected chi connectivity index (χ1v) is 11.7. The topological polar surface area (TPSA) is 60.5 Å². The molecular weight excluding hydrogens is 476 g/mol. The van der Waals surface area contributed by atoms with Gasteiger partial charge in [-0.1, -0.05) is 36.7 Å². The summed E-state index contributed by atoms with van der Waals surface area (Å²) in [6.45, 7) is 10.2. The Balaban J connectivity index is 1.61. The van der Waals surface area contributed by atoms with E-state index in [1.54, 1.807) is 0 Å². The van der Waals surface area contributed by atoms with Gasteiger partial charge in [-0.05, 0) is 61.7 Å². The molecule has 164 valence electrons. The summed E-state index contributed by atoms with van der Waals surface area (Å²) >= 11 is 4.88. The minimum Gasteiger partial charge on any atom is -0.491 e. The molecule has 0 aliphatic rings. The van der Waals surface area contributed by atoms with Gasteiger partial charge in [-0.15, -0.1) is 11.3 Å². The first-order valence-electron chi connectivity index (χ1n) is 10.1. The summed E-state index contributed by atoms with van der Waals surface area (Å²) < 4.78 is 12.5. The van der Waals surface area contributed by atoms with Crippen LogP contribution in [0.1, 0.15) is 40.2 Å². The molecule has 1 N–H and O–H groups in total. The van der Waals surface area contributed by atoms with E-state index in [0.717, 1.165) is 27.0 Å². The van der Waals surface area contributed by atoms with Crippen LogP contribution >= 0.6 is 27.3 Å². The summed E-state index contributed by atoms with van der Waals surface area (Å²) in [4.78, 5) is 16.9. The third kappa shape index (κ3) is 6.55. The van der Waals surface area contributed by atoms with Gasteiger partial charge in [-0.3, -0.25) is 10.1 Å². The third-order valence-electron chi connectivity index (χ3n) is 4.38. The maximum absolute atomic E-state index is 12.4. The Bertz CT molecular complexity index is 1040. The van der Waals surface area contributed by atoms with Crippen LogP contribution in [0.15, 0.2) is 52.3 Å². The van der Waals surface area contributed by atoms with Crippen molar-refractivity contribution in [2.24, 2.45) is 0 Å². The molecule has 1 aromatic heterocycles. The molecule has 0 aliphatic carbocycles. The maximum Gasteiger partial charge on any atom is 0.264 e. The molecule has 0 fully saturated rings. The molecule has 31 heavy (non-hydrogen) atoms. The first kappa shape index (κ1) is 23.3. The number of carbonyl (C=O) groups excluding carboxylic acids is 1. The van der Waals surface area contributed by atoms with Crippen molar-refractivity contribution in [1.82, 2.24) is 4.98 Å². The van der Waals surface area contributed by atoms with Crippen molar-refractivity contribution in [3.05, 3.63) is 57.9 Å². The fourth-order valence-corrected chi connectivity index (χ4v) is 4.05. The van der Waals surface area contributed by atoms with Gasteiger partial charge in [0.25, 0.3) is 5.91 Å². The van der Waals surface area contributed by atoms with E-state index in [2.05, 4.69) is 47.0 Å². The number of halogens is 1. The number of thiazole rings is 1. The highest BCUT2D eigenvalue weighted by atomic mass is 79.9. The van der Waals surface area contributed by atoms with E-state index < -0.39 is 0 Å². The number of carbonyl (C=O) groups is 1. The number of aromatic nitrogens is 1. The van der Waals surface area contributed by atoms with Crippen LogP contribution < -0.4 is 14.8 Å². The van der Waals surface area contributed by atoms with Crippen molar-refractivity contribution in [3.63, 3.8) is 0 Å². The Morgan fingerprint density at radius 2 is 1.87 bits per heavy atom. The average molecular weight is 503 g/mol. The molecule has 3 aromatic rings. The van der Waals surface area contributed by atoms with E-state index in [1.165, 1.54) is 11.3 Å². The molecule has 0 unspecified atom stereocenters. The second kappa shape index (κ2) is 9.83. The fraction of sp³-hybridized carbons (Fsp3) is 0.333. The summed E-state index contributed by atoms with van der Waals surface area (Å²) in [5, 5.41) is 5.28. The summed E-state index contributed by atoms with van der Waals surface area (Å²) in [6.07, 6.45) is 0.131. The predicted octanol–water partition coefficient (Wildman–Crippen LogP) is 6.67. The predicted molar refractivity (Wildman–Crippen MR) is 130 cm³/mol. The Morgan fingerprint density at radius 3 is 2.52 bits per heavy atom. The summed E-state index contributed by atoms with van der Waals surface area (Å²) in [7, 11) is 0. The zero-order valence-electron chi connectivity index (χ0n) is 18.4. The lowest BCUT2D eigenvalue weighted by molar-refractivity contribution is -0.118. The summed E-state index contributed by atoms with van der Waals surface area (Å²) in [6, 6.07) is 13.6. The van der Waals surface area contributed by atoms with E-state index in [0.29, 0.717) is 10.9 Å². The molecule has 0 atom stereocenters. The van der Waals surface area contributed by atoms with Crippen molar-refractivity contribution in [2.75, 3.05) is 11.9 Å². The van der Waals surface area contributed by atoms with Gasteiger partial charge in [0.15, 0.2) is 11.7 Å². The molecule has 0 bridgehead atoms. The molecule has 2 aromatic carbocycles. The monoisotopic (exact) mass is 502 g/mol. The zero-order chi connectivity index (χ0) is 22.6. The van der Waals surface area contributed by atoms with Crippen LogP contribution in [-0.4, -0.2) is 23.6 Å². The molecule has 3 rings (SSSR count). The van der Waals surface area contributed by atoms with Gasteiger partial charge in [-0.25, -0.2) is 4.98 Å². The van der Waals surface area contributed by atoms with Crippen molar-refractivity contribution in [1.29, 1.82) is 0 Å². The number of anilines is 1. The zero-order valence-corrected chi connectivity index (χ0v) is 20.8. The van der Waals surface area contributed by atoms with E-state index in [-0.39, 0.29) is 24.0 Å². The van der Waals surface area contributed by atoms with Crippen LogP contribution in [0.2, 0.25) is 0 Å². The molecule has 7 heteroatoms. The van der Waals surface area contributed by atoms with Crippen LogP contribution in [0.25, 0.3) is 11.3 Å². The quantitative estimate of drug-likeness (QED) is 0.391. The Morgan fingerprint density at radius 1 is 1.16 bits per heavy atom. The number of nitrogens with one attached hydrogen (secondary N) is 1. The number of amides is 1. The minimum absolute atomic E-state index is 0.0825. The van der Waals surface area contributed by atoms with Gasteiger partial charge in [0, 0.05) is 21.0 Å². The van der Waals surface area contributed by atoms with Crippen LogP contribution in [-0.2, 0) is 10.2 Å². The second-order valence-corrected chi connectivity index (χ2v) is 10.2. The standard InChI is InChI=1S/C24H27BrN2O3S/c1-15(2)30-18-9-6-16(7-10-18)20-14-31-23(26-20)27-22(28)13-29-21-11-8-17(25)12-19(21)24(3,4)5/h6-12,14-15H,13H2,1-5H3,(H,26,27,28). The molecule has 0 spiro atoms. The number of ether oxygens (including phenoxy) is 2. The largest absolute Gasteiger partial charge is 0.491 e. The van der Waals surface area contributed by atoms with Gasteiger partial charge in [0.2, 0.25) is 0 Å². The van der Waals surface area contributed by atoms with Gasteiger partial charge < -0.3 is 9.47 Å². The van der Waals surface area contributed by atoms with Crippen LogP contribution in [0, 0.1) is 0 Å². The molecule has 0 radical (unpaired) electrons. The van der Waals surface area contributed by atoms with E-state index in [1.807, 2.05) is 61.7 Å². The Labute approximate surface area is 195 Å². The molecule has 5 nitrogen and oxygen atoms in total. The Kier molecular flexibility index (Phi) is 7.38. The number of nitrogens with zero attached hydrogens (tertiary/aromatic N) is 1. The average Bonchev–Trinajstić information content (AvgIpc) is 3.15. The minimum atomic E-state index is -0.246. The second-order valence-electron chi connectivity index (χ2n) is 8.46. The molecule has 0 saturated carbocycles. The number of benzene rings is 2. The maximum atomic E-state index is 12.4. The van der Waals surface area contributed by atoms with E-state index in [4.69, 9.17) is 9.47 Å². The van der Waals surface area contributed by atoms with Gasteiger partial charge in [0.05, 0.1) is 11.8 Å². The normalized spacial score (nSPS) is 11.5. The van der Waals surface area contributed by atoms with Gasteiger partial charge in [-0.2, -0.15) is 0 Å². The highest BCUT2D eigenvalue weighted by Gasteiger charge is 2.20. The molecular formula is C24H27BrN2O3S. The molecule has 0 aliphatic heterocycles. The fourth-order valence-electron chi connectivity index (χ4n) is 2.95. The van der Waals surface area contributed by atoms with E-state index >= 15 is 0 Å². The van der Waals surface area contributed by atoms with Crippen molar-refractivity contribution in [3.8, 4) is 22.8 Å². The van der Waals surface area contributed by atoms with Gasteiger partial charge >= 0.3 is 0 Å². The van der Waals surface area contributed by atoms with Crippen molar-refractivity contribution < 1.29 is 14.3 Å². The SMILES string of the molecule is CC(C)Oc1ccc(-c2csc(NC(=O)COc3ccc(Br)cc3C(C)(C)C)n2)cc1. The van der Waals surface area contributed by atoms with Crippen molar-refractivity contribution >= 4 is 38.3 Å². The van der Waals surface area contributed by atoms with Crippen LogP contribution in [0.3, 0.4) is 0 Å². The smallest absolute Gasteiger partial charge is 0.264 e. The van der Waals surface area contributed by atoms with Crippen LogP contribution in [0.4, 0.5) is 5.13 Å². The van der Waals surface area contributed by atoms with Gasteiger partial charge in [0.1, 0.15) is 11.5 Å². The lowest BCUT2D eigenvalue weighted by Gasteiger charge is -2.23.